The molecule has 30 heavy (non-hydrogen) atoms. The Labute approximate surface area is 172 Å². The zero-order chi connectivity index (χ0) is 22.3. The first kappa shape index (κ1) is 22.3. The lowest BCUT2D eigenvalue weighted by Gasteiger charge is -2.14. The summed E-state index contributed by atoms with van der Waals surface area (Å²) >= 11 is 0. The van der Waals surface area contributed by atoms with E-state index in [2.05, 4.69) is 15.4 Å². The van der Waals surface area contributed by atoms with Gasteiger partial charge in [0, 0.05) is 5.56 Å². The molecule has 0 saturated carbocycles. The molecule has 0 bridgehead atoms. The van der Waals surface area contributed by atoms with Crippen LogP contribution in [0.4, 0.5) is 5.69 Å². The summed E-state index contributed by atoms with van der Waals surface area (Å²) in [6, 6.07) is 6.80. The lowest BCUT2D eigenvalue weighted by atomic mass is 10.1. The Morgan fingerprint density at radius 2 is 1.53 bits per heavy atom. The van der Waals surface area contributed by atoms with Gasteiger partial charge in [0.25, 0.3) is 5.91 Å². The fourth-order valence-corrected chi connectivity index (χ4v) is 2.55. The van der Waals surface area contributed by atoms with Gasteiger partial charge in [-0.2, -0.15) is 0 Å². The number of phenolic OH excluding ortho intramolecular Hbond substituents is 1. The van der Waals surface area contributed by atoms with E-state index in [1.54, 1.807) is 0 Å². The number of esters is 1. The molecule has 0 radical (unpaired) electrons. The van der Waals surface area contributed by atoms with Crippen LogP contribution in [0.5, 0.6) is 23.0 Å². The molecule has 0 aliphatic rings. The molecule has 0 spiro atoms. The predicted molar refractivity (Wildman–Crippen MR) is 107 cm³/mol. The molecule has 160 valence electrons. The molecule has 10 nitrogen and oxygen atoms in total. The molecule has 0 aliphatic carbocycles. The van der Waals surface area contributed by atoms with Crippen LogP contribution in [-0.4, -0.2) is 57.9 Å². The number of benzene rings is 2. The quantitative estimate of drug-likeness (QED) is 0.435. The summed E-state index contributed by atoms with van der Waals surface area (Å²) in [5.41, 5.74) is 0.404. The standard InChI is InChI=1S/C20H22N2O8/c1-27-15-8-12(9-16(28-2)18(15)29-3)19(25)21-10-17(24)22-13-6-5-11(7-14(13)23)20(26)30-4/h5-9,23H,10H2,1-4H3,(H,21,25)(H,22,24). The van der Waals surface area contributed by atoms with E-state index in [1.165, 1.54) is 52.7 Å². The van der Waals surface area contributed by atoms with Gasteiger partial charge in [0.15, 0.2) is 11.5 Å². The lowest BCUT2D eigenvalue weighted by molar-refractivity contribution is -0.115. The van der Waals surface area contributed by atoms with Crippen molar-refractivity contribution in [3.05, 3.63) is 41.5 Å². The Hall–Kier alpha value is -3.95. The van der Waals surface area contributed by atoms with Gasteiger partial charge in [-0.3, -0.25) is 9.59 Å². The third-order valence-corrected chi connectivity index (χ3v) is 4.03. The Balaban J connectivity index is 2.04. The molecule has 0 fully saturated rings. The van der Waals surface area contributed by atoms with Crippen LogP contribution in [0.15, 0.2) is 30.3 Å². The third kappa shape index (κ3) is 5.10. The fraction of sp³-hybridized carbons (Fsp3) is 0.250. The summed E-state index contributed by atoms with van der Waals surface area (Å²) in [5.74, 6) is -1.15. The smallest absolute Gasteiger partial charge is 0.337 e. The summed E-state index contributed by atoms with van der Waals surface area (Å²) in [5, 5.41) is 14.9. The molecule has 0 heterocycles. The molecular weight excluding hydrogens is 396 g/mol. The van der Waals surface area contributed by atoms with E-state index in [1.807, 2.05) is 0 Å². The van der Waals surface area contributed by atoms with Crippen molar-refractivity contribution in [3.8, 4) is 23.0 Å². The average molecular weight is 418 g/mol. The summed E-state index contributed by atoms with van der Waals surface area (Å²) in [6.07, 6.45) is 0. The molecule has 0 saturated heterocycles. The molecule has 2 aromatic rings. The number of aromatic hydroxyl groups is 1. The van der Waals surface area contributed by atoms with Gasteiger partial charge in [0.2, 0.25) is 11.7 Å². The molecule has 2 aromatic carbocycles. The lowest BCUT2D eigenvalue weighted by Crippen LogP contribution is -2.32. The first-order valence-electron chi connectivity index (χ1n) is 8.64. The van der Waals surface area contributed by atoms with Crippen molar-refractivity contribution >= 4 is 23.5 Å². The van der Waals surface area contributed by atoms with Crippen LogP contribution in [0, 0.1) is 0 Å². The second kappa shape index (κ2) is 10.0. The largest absolute Gasteiger partial charge is 0.506 e. The van der Waals surface area contributed by atoms with Crippen LogP contribution in [0.25, 0.3) is 0 Å². The Morgan fingerprint density at radius 1 is 0.900 bits per heavy atom. The van der Waals surface area contributed by atoms with Crippen molar-refractivity contribution in [1.82, 2.24) is 5.32 Å². The summed E-state index contributed by atoms with van der Waals surface area (Å²) in [6.45, 7) is -0.367. The monoisotopic (exact) mass is 418 g/mol. The van der Waals surface area contributed by atoms with Gasteiger partial charge >= 0.3 is 5.97 Å². The van der Waals surface area contributed by atoms with Crippen molar-refractivity contribution < 1.29 is 38.4 Å². The number of hydrogen-bond donors (Lipinski definition) is 3. The Bertz CT molecular complexity index is 933. The Morgan fingerprint density at radius 3 is 2.03 bits per heavy atom. The van der Waals surface area contributed by atoms with Crippen LogP contribution in [0.1, 0.15) is 20.7 Å². The molecule has 10 heteroatoms. The molecule has 0 aromatic heterocycles. The number of carbonyl (C=O) groups is 3. The van der Waals surface area contributed by atoms with Crippen LogP contribution in [-0.2, 0) is 9.53 Å². The summed E-state index contributed by atoms with van der Waals surface area (Å²) in [4.78, 5) is 36.0. The minimum atomic E-state index is -0.624. The maximum Gasteiger partial charge on any atom is 0.337 e. The number of carbonyl (C=O) groups excluding carboxylic acids is 3. The van der Waals surface area contributed by atoms with Gasteiger partial charge in [0.1, 0.15) is 5.75 Å². The normalized spacial score (nSPS) is 10.0. The topological polar surface area (TPSA) is 132 Å². The molecule has 3 N–H and O–H groups in total. The minimum absolute atomic E-state index is 0.0784. The number of ether oxygens (including phenoxy) is 4. The van der Waals surface area contributed by atoms with Crippen molar-refractivity contribution in [2.24, 2.45) is 0 Å². The van der Waals surface area contributed by atoms with E-state index < -0.39 is 17.8 Å². The number of phenols is 1. The van der Waals surface area contributed by atoms with Gasteiger partial charge in [-0.1, -0.05) is 0 Å². The average Bonchev–Trinajstić information content (AvgIpc) is 2.76. The van der Waals surface area contributed by atoms with Crippen molar-refractivity contribution in [2.75, 3.05) is 40.3 Å². The highest BCUT2D eigenvalue weighted by Gasteiger charge is 2.18. The zero-order valence-electron chi connectivity index (χ0n) is 16.9. The fourth-order valence-electron chi connectivity index (χ4n) is 2.55. The van der Waals surface area contributed by atoms with Gasteiger partial charge in [0.05, 0.1) is 46.2 Å². The number of nitrogens with one attached hydrogen (secondary N) is 2. The van der Waals surface area contributed by atoms with E-state index in [9.17, 15) is 19.5 Å². The number of amides is 2. The van der Waals surface area contributed by atoms with Crippen molar-refractivity contribution in [1.29, 1.82) is 0 Å². The van der Waals surface area contributed by atoms with E-state index in [4.69, 9.17) is 14.2 Å². The third-order valence-electron chi connectivity index (χ3n) is 4.03. The maximum absolute atomic E-state index is 12.4. The SMILES string of the molecule is COC(=O)c1ccc(NC(=O)CNC(=O)c2cc(OC)c(OC)c(OC)c2)c(O)c1. The molecule has 0 unspecified atom stereocenters. The molecule has 0 aliphatic heterocycles. The molecule has 0 atom stereocenters. The van der Waals surface area contributed by atoms with Crippen LogP contribution < -0.4 is 24.8 Å². The van der Waals surface area contributed by atoms with E-state index in [0.29, 0.717) is 17.2 Å². The first-order chi connectivity index (χ1) is 14.3. The molecule has 2 amide bonds. The Kier molecular flexibility index (Phi) is 7.45. The van der Waals surface area contributed by atoms with Crippen LogP contribution >= 0.6 is 0 Å². The van der Waals surface area contributed by atoms with E-state index >= 15 is 0 Å². The van der Waals surface area contributed by atoms with Gasteiger partial charge in [-0.15, -0.1) is 0 Å². The van der Waals surface area contributed by atoms with Gasteiger partial charge < -0.3 is 34.7 Å². The van der Waals surface area contributed by atoms with Crippen LogP contribution in [0.2, 0.25) is 0 Å². The number of rotatable bonds is 8. The van der Waals surface area contributed by atoms with Crippen molar-refractivity contribution in [3.63, 3.8) is 0 Å². The highest BCUT2D eigenvalue weighted by molar-refractivity contribution is 6.01. The number of anilines is 1. The maximum atomic E-state index is 12.4. The zero-order valence-corrected chi connectivity index (χ0v) is 16.9. The second-order valence-corrected chi connectivity index (χ2v) is 5.87. The van der Waals surface area contributed by atoms with Crippen LogP contribution in [0.3, 0.4) is 0 Å². The summed E-state index contributed by atoms with van der Waals surface area (Å²) in [7, 11) is 5.50. The number of methoxy groups -OCH3 is 4. The number of hydrogen-bond acceptors (Lipinski definition) is 8. The van der Waals surface area contributed by atoms with E-state index in [0.717, 1.165) is 6.07 Å². The molecular formula is C20H22N2O8. The second-order valence-electron chi connectivity index (χ2n) is 5.87. The van der Waals surface area contributed by atoms with E-state index in [-0.39, 0.29) is 29.1 Å². The van der Waals surface area contributed by atoms with Crippen molar-refractivity contribution in [2.45, 2.75) is 0 Å². The van der Waals surface area contributed by atoms with Gasteiger partial charge in [-0.25, -0.2) is 4.79 Å². The first-order valence-corrected chi connectivity index (χ1v) is 8.64. The summed E-state index contributed by atoms with van der Waals surface area (Å²) < 4.78 is 20.2. The van der Waals surface area contributed by atoms with Gasteiger partial charge in [-0.05, 0) is 30.3 Å². The molecule has 2 rings (SSSR count). The highest BCUT2D eigenvalue weighted by Crippen LogP contribution is 2.38. The minimum Gasteiger partial charge on any atom is -0.506 e. The predicted octanol–water partition coefficient (Wildman–Crippen LogP) is 1.57. The highest BCUT2D eigenvalue weighted by atomic mass is 16.5.